The Balaban J connectivity index is 2.44. The number of nitrogens with zero attached hydrogens (tertiary/aromatic N) is 2. The summed E-state index contributed by atoms with van der Waals surface area (Å²) in [7, 11) is 4.06. The number of hydrogen-bond acceptors (Lipinski definition) is 2. The zero-order valence-electron chi connectivity index (χ0n) is 9.31. The van der Waals surface area contributed by atoms with Crippen molar-refractivity contribution in [1.82, 2.24) is 4.98 Å². The van der Waals surface area contributed by atoms with E-state index in [4.69, 9.17) is 0 Å². The van der Waals surface area contributed by atoms with Crippen molar-refractivity contribution in [3.8, 4) is 11.3 Å². The summed E-state index contributed by atoms with van der Waals surface area (Å²) in [4.78, 5) is 6.46. The minimum atomic E-state index is 0.993. The molecular weight excluding hydrogens is 264 g/mol. The Hall–Kier alpha value is -1.35. The van der Waals surface area contributed by atoms with Crippen LogP contribution in [0.3, 0.4) is 0 Å². The van der Waals surface area contributed by atoms with E-state index < -0.39 is 0 Å². The van der Waals surface area contributed by atoms with Crippen molar-refractivity contribution in [2.45, 2.75) is 0 Å². The van der Waals surface area contributed by atoms with Gasteiger partial charge >= 0.3 is 0 Å². The van der Waals surface area contributed by atoms with Gasteiger partial charge in [-0.05, 0) is 24.3 Å². The predicted octanol–water partition coefficient (Wildman–Crippen LogP) is 3.58. The molecule has 0 unspecified atom stereocenters. The van der Waals surface area contributed by atoms with Gasteiger partial charge in [-0.3, -0.25) is 4.98 Å². The van der Waals surface area contributed by atoms with Gasteiger partial charge in [0, 0.05) is 36.0 Å². The molecule has 0 fully saturated rings. The van der Waals surface area contributed by atoms with Gasteiger partial charge in [-0.15, -0.1) is 0 Å². The van der Waals surface area contributed by atoms with Crippen molar-refractivity contribution in [3.63, 3.8) is 0 Å². The maximum absolute atomic E-state index is 4.39. The van der Waals surface area contributed by atoms with Crippen molar-refractivity contribution >= 4 is 21.6 Å². The van der Waals surface area contributed by atoms with Crippen molar-refractivity contribution in [2.24, 2.45) is 0 Å². The van der Waals surface area contributed by atoms with E-state index in [9.17, 15) is 0 Å². The molecule has 0 amide bonds. The molecule has 0 aliphatic heterocycles. The van der Waals surface area contributed by atoms with Gasteiger partial charge < -0.3 is 4.90 Å². The third kappa shape index (κ3) is 2.42. The second-order valence-corrected chi connectivity index (χ2v) is 4.72. The number of anilines is 1. The van der Waals surface area contributed by atoms with E-state index in [-0.39, 0.29) is 0 Å². The molecule has 0 aliphatic carbocycles. The zero-order chi connectivity index (χ0) is 11.5. The van der Waals surface area contributed by atoms with E-state index in [1.54, 1.807) is 0 Å². The summed E-state index contributed by atoms with van der Waals surface area (Å²) in [6.45, 7) is 0. The highest BCUT2D eigenvalue weighted by molar-refractivity contribution is 9.10. The van der Waals surface area contributed by atoms with Gasteiger partial charge in [0.1, 0.15) is 0 Å². The first kappa shape index (κ1) is 11.1. The highest BCUT2D eigenvalue weighted by Crippen LogP contribution is 2.23. The summed E-state index contributed by atoms with van der Waals surface area (Å²) < 4.78 is 1.07. The van der Waals surface area contributed by atoms with Crippen LogP contribution in [0.15, 0.2) is 47.1 Å². The number of halogens is 1. The normalized spacial score (nSPS) is 10.2. The van der Waals surface area contributed by atoms with E-state index in [2.05, 4.69) is 44.0 Å². The van der Waals surface area contributed by atoms with Gasteiger partial charge in [0.25, 0.3) is 0 Å². The summed E-state index contributed by atoms with van der Waals surface area (Å²) in [5.74, 6) is 0. The SMILES string of the molecule is CN(C)c1ccnc(-c2cccc(Br)c2)c1. The van der Waals surface area contributed by atoms with Crippen molar-refractivity contribution < 1.29 is 0 Å². The average molecular weight is 277 g/mol. The zero-order valence-corrected chi connectivity index (χ0v) is 10.9. The third-order valence-corrected chi connectivity index (χ3v) is 2.87. The van der Waals surface area contributed by atoms with Gasteiger partial charge in [0.05, 0.1) is 5.69 Å². The maximum Gasteiger partial charge on any atom is 0.0722 e. The Kier molecular flexibility index (Phi) is 3.25. The minimum Gasteiger partial charge on any atom is -0.378 e. The molecule has 0 N–H and O–H groups in total. The Morgan fingerprint density at radius 1 is 1.12 bits per heavy atom. The largest absolute Gasteiger partial charge is 0.378 e. The average Bonchev–Trinajstić information content (AvgIpc) is 2.29. The van der Waals surface area contributed by atoms with Gasteiger partial charge in [0.15, 0.2) is 0 Å². The van der Waals surface area contributed by atoms with Crippen molar-refractivity contribution in [1.29, 1.82) is 0 Å². The first-order chi connectivity index (χ1) is 7.66. The van der Waals surface area contributed by atoms with Gasteiger partial charge in [-0.1, -0.05) is 28.1 Å². The molecule has 0 saturated carbocycles. The first-order valence-corrected chi connectivity index (χ1v) is 5.85. The number of aromatic nitrogens is 1. The molecule has 0 aliphatic rings. The highest BCUT2D eigenvalue weighted by atomic mass is 79.9. The fourth-order valence-electron chi connectivity index (χ4n) is 1.50. The smallest absolute Gasteiger partial charge is 0.0722 e. The molecule has 82 valence electrons. The quantitative estimate of drug-likeness (QED) is 0.834. The molecule has 2 nitrogen and oxygen atoms in total. The highest BCUT2D eigenvalue weighted by Gasteiger charge is 2.02. The lowest BCUT2D eigenvalue weighted by Crippen LogP contribution is -2.08. The summed E-state index contributed by atoms with van der Waals surface area (Å²) in [5, 5.41) is 0. The van der Waals surface area contributed by atoms with Crippen LogP contribution in [0.4, 0.5) is 5.69 Å². The maximum atomic E-state index is 4.39. The topological polar surface area (TPSA) is 16.1 Å². The van der Waals surface area contributed by atoms with E-state index in [0.29, 0.717) is 0 Å². The van der Waals surface area contributed by atoms with E-state index in [0.717, 1.165) is 21.4 Å². The molecule has 16 heavy (non-hydrogen) atoms. The summed E-state index contributed by atoms with van der Waals surface area (Å²) in [6, 6.07) is 12.3. The van der Waals surface area contributed by atoms with E-state index in [1.165, 1.54) is 0 Å². The molecule has 2 aromatic rings. The fourth-order valence-corrected chi connectivity index (χ4v) is 1.90. The van der Waals surface area contributed by atoms with Crippen LogP contribution >= 0.6 is 15.9 Å². The lowest BCUT2D eigenvalue weighted by molar-refractivity contribution is 1.12. The molecule has 0 atom stereocenters. The number of benzene rings is 1. The third-order valence-electron chi connectivity index (χ3n) is 2.38. The van der Waals surface area contributed by atoms with E-state index >= 15 is 0 Å². The predicted molar refractivity (Wildman–Crippen MR) is 71.7 cm³/mol. The van der Waals surface area contributed by atoms with Gasteiger partial charge in [0.2, 0.25) is 0 Å². The molecule has 3 heteroatoms. The molecule has 0 radical (unpaired) electrons. The van der Waals surface area contributed by atoms with Crippen LogP contribution in [-0.4, -0.2) is 19.1 Å². The first-order valence-electron chi connectivity index (χ1n) is 5.06. The summed E-state index contributed by atoms with van der Waals surface area (Å²) >= 11 is 3.47. The van der Waals surface area contributed by atoms with Crippen LogP contribution in [0.5, 0.6) is 0 Å². The van der Waals surface area contributed by atoms with E-state index in [1.807, 2.05) is 38.5 Å². The molecule has 0 bridgehead atoms. The van der Waals surface area contributed by atoms with Crippen LogP contribution in [-0.2, 0) is 0 Å². The van der Waals surface area contributed by atoms with Crippen LogP contribution < -0.4 is 4.90 Å². The van der Waals surface area contributed by atoms with Crippen LogP contribution in [0.2, 0.25) is 0 Å². The van der Waals surface area contributed by atoms with Crippen LogP contribution in [0.25, 0.3) is 11.3 Å². The summed E-state index contributed by atoms with van der Waals surface area (Å²) in [6.07, 6.45) is 1.84. The Labute approximate surface area is 104 Å². The molecule has 1 heterocycles. The fraction of sp³-hybridized carbons (Fsp3) is 0.154. The lowest BCUT2D eigenvalue weighted by Gasteiger charge is -2.13. The molecule has 1 aromatic heterocycles. The second kappa shape index (κ2) is 4.66. The monoisotopic (exact) mass is 276 g/mol. The molecule has 0 spiro atoms. The van der Waals surface area contributed by atoms with Gasteiger partial charge in [-0.2, -0.15) is 0 Å². The molecular formula is C13H13BrN2. The van der Waals surface area contributed by atoms with Crippen molar-refractivity contribution in [3.05, 3.63) is 47.1 Å². The Bertz CT molecular complexity index is 495. The summed E-state index contributed by atoms with van der Waals surface area (Å²) in [5.41, 5.74) is 3.27. The number of hydrogen-bond donors (Lipinski definition) is 0. The number of pyridine rings is 1. The van der Waals surface area contributed by atoms with Crippen LogP contribution in [0, 0.1) is 0 Å². The number of rotatable bonds is 2. The second-order valence-electron chi connectivity index (χ2n) is 3.80. The molecule has 1 aromatic carbocycles. The lowest BCUT2D eigenvalue weighted by atomic mass is 10.1. The van der Waals surface area contributed by atoms with Crippen LogP contribution in [0.1, 0.15) is 0 Å². The minimum absolute atomic E-state index is 0.993. The Morgan fingerprint density at radius 3 is 2.62 bits per heavy atom. The standard InChI is InChI=1S/C13H13BrN2/c1-16(2)12-6-7-15-13(9-12)10-4-3-5-11(14)8-10/h3-9H,1-2H3. The molecule has 0 saturated heterocycles. The molecule has 2 rings (SSSR count). The van der Waals surface area contributed by atoms with Crippen molar-refractivity contribution in [2.75, 3.05) is 19.0 Å². The Morgan fingerprint density at radius 2 is 1.94 bits per heavy atom. The van der Waals surface area contributed by atoms with Gasteiger partial charge in [-0.25, -0.2) is 0 Å².